The molecular weight excluding hydrogens is 362 g/mol. The summed E-state index contributed by atoms with van der Waals surface area (Å²) in [4.78, 5) is 0.189. The number of benzene rings is 1. The summed E-state index contributed by atoms with van der Waals surface area (Å²) in [5.41, 5.74) is 4.72. The minimum Gasteiger partial charge on any atom is -0.276 e. The number of rotatable bonds is 6. The molecule has 0 saturated carbocycles. The van der Waals surface area contributed by atoms with Gasteiger partial charge in [0.2, 0.25) is 0 Å². The van der Waals surface area contributed by atoms with Gasteiger partial charge in [-0.05, 0) is 40.2 Å². The van der Waals surface area contributed by atoms with Crippen LogP contribution in [0.1, 0.15) is 35.1 Å². The van der Waals surface area contributed by atoms with Crippen LogP contribution in [-0.2, 0) is 23.1 Å². The van der Waals surface area contributed by atoms with Crippen LogP contribution in [0, 0.1) is 27.7 Å². The maximum atomic E-state index is 12.9. The lowest BCUT2D eigenvalue weighted by atomic mass is 10.1. The molecular formula is C19H25N5O2S. The van der Waals surface area contributed by atoms with Crippen LogP contribution < -0.4 is 4.72 Å². The Bertz CT molecular complexity index is 1080. The highest BCUT2D eigenvalue weighted by Gasteiger charge is 2.23. The molecule has 144 valence electrons. The van der Waals surface area contributed by atoms with Crippen molar-refractivity contribution in [2.45, 2.75) is 52.6 Å². The van der Waals surface area contributed by atoms with Crippen molar-refractivity contribution in [3.05, 3.63) is 58.7 Å². The quantitative estimate of drug-likeness (QED) is 0.704. The number of anilines is 1. The van der Waals surface area contributed by atoms with E-state index in [4.69, 9.17) is 0 Å². The first-order valence-corrected chi connectivity index (χ1v) is 10.4. The largest absolute Gasteiger partial charge is 0.276 e. The van der Waals surface area contributed by atoms with Gasteiger partial charge in [0.05, 0.1) is 29.3 Å². The Morgan fingerprint density at radius 3 is 2.44 bits per heavy atom. The van der Waals surface area contributed by atoms with Crippen molar-refractivity contribution in [3.8, 4) is 0 Å². The predicted octanol–water partition coefficient (Wildman–Crippen LogP) is 3.18. The highest BCUT2D eigenvalue weighted by atomic mass is 32.2. The molecule has 0 aliphatic carbocycles. The van der Waals surface area contributed by atoms with E-state index in [1.165, 1.54) is 5.56 Å². The second-order valence-electron chi connectivity index (χ2n) is 6.73. The zero-order valence-electron chi connectivity index (χ0n) is 16.3. The molecule has 0 saturated heterocycles. The fourth-order valence-corrected chi connectivity index (χ4v) is 4.46. The number of nitrogens with zero attached hydrogens (tertiary/aromatic N) is 4. The molecule has 2 aromatic heterocycles. The average Bonchev–Trinajstić information content (AvgIpc) is 3.10. The number of aromatic nitrogens is 4. The topological polar surface area (TPSA) is 81.8 Å². The molecule has 3 aromatic rings. The number of hydrogen-bond donors (Lipinski definition) is 1. The minimum atomic E-state index is -3.73. The standard InChI is InChI=1S/C19H25N5O2S/c1-6-23-12-18(14(3)20-23)27(25,26)22-19-15(4)21-24(16(19)5)11-17-9-7-8-13(2)10-17/h7-10,12,22H,6,11H2,1-5H3. The summed E-state index contributed by atoms with van der Waals surface area (Å²) in [5.74, 6) is 0. The summed E-state index contributed by atoms with van der Waals surface area (Å²) in [5, 5.41) is 8.75. The van der Waals surface area contributed by atoms with Crippen molar-refractivity contribution in [3.63, 3.8) is 0 Å². The van der Waals surface area contributed by atoms with E-state index in [0.29, 0.717) is 30.2 Å². The molecule has 1 aromatic carbocycles. The lowest BCUT2D eigenvalue weighted by Gasteiger charge is -2.09. The third-order valence-corrected chi connectivity index (χ3v) is 6.00. The molecule has 0 atom stereocenters. The Kier molecular flexibility index (Phi) is 5.10. The van der Waals surface area contributed by atoms with Crippen molar-refractivity contribution < 1.29 is 8.42 Å². The molecule has 0 aliphatic rings. The number of aryl methyl sites for hydroxylation is 4. The molecule has 0 bridgehead atoms. The van der Waals surface area contributed by atoms with E-state index in [-0.39, 0.29) is 4.90 Å². The van der Waals surface area contributed by atoms with Crippen LogP contribution in [-0.4, -0.2) is 28.0 Å². The molecule has 27 heavy (non-hydrogen) atoms. The lowest BCUT2D eigenvalue weighted by Crippen LogP contribution is -2.15. The van der Waals surface area contributed by atoms with Crippen LogP contribution in [0.25, 0.3) is 0 Å². The van der Waals surface area contributed by atoms with Gasteiger partial charge in [0.1, 0.15) is 4.90 Å². The molecule has 0 fully saturated rings. The van der Waals surface area contributed by atoms with Crippen LogP contribution in [0.15, 0.2) is 35.4 Å². The summed E-state index contributed by atoms with van der Waals surface area (Å²) in [6.07, 6.45) is 1.56. The van der Waals surface area contributed by atoms with Crippen LogP contribution in [0.4, 0.5) is 5.69 Å². The Morgan fingerprint density at radius 2 is 1.81 bits per heavy atom. The van der Waals surface area contributed by atoms with Gasteiger partial charge in [-0.1, -0.05) is 29.8 Å². The third-order valence-electron chi connectivity index (χ3n) is 4.55. The second-order valence-corrected chi connectivity index (χ2v) is 8.38. The fourth-order valence-electron chi connectivity index (χ4n) is 3.10. The summed E-state index contributed by atoms with van der Waals surface area (Å²) < 4.78 is 31.9. The Morgan fingerprint density at radius 1 is 1.07 bits per heavy atom. The highest BCUT2D eigenvalue weighted by molar-refractivity contribution is 7.92. The monoisotopic (exact) mass is 387 g/mol. The fraction of sp³-hybridized carbons (Fsp3) is 0.368. The van der Waals surface area contributed by atoms with E-state index in [9.17, 15) is 8.42 Å². The SMILES string of the molecule is CCn1cc(S(=O)(=O)Nc2c(C)nn(Cc3cccc(C)c3)c2C)c(C)n1. The van der Waals surface area contributed by atoms with E-state index in [1.54, 1.807) is 24.7 Å². The molecule has 2 heterocycles. The van der Waals surface area contributed by atoms with Gasteiger partial charge in [-0.3, -0.25) is 14.1 Å². The molecule has 8 heteroatoms. The molecule has 0 spiro atoms. The van der Waals surface area contributed by atoms with E-state index in [2.05, 4.69) is 21.0 Å². The smallest absolute Gasteiger partial charge is 0.265 e. The molecule has 1 N–H and O–H groups in total. The van der Waals surface area contributed by atoms with E-state index >= 15 is 0 Å². The molecule has 0 amide bonds. The van der Waals surface area contributed by atoms with Crippen molar-refractivity contribution in [2.75, 3.05) is 4.72 Å². The number of hydrogen-bond acceptors (Lipinski definition) is 4. The zero-order chi connectivity index (χ0) is 19.8. The first-order chi connectivity index (χ1) is 12.7. The van der Waals surface area contributed by atoms with E-state index in [0.717, 1.165) is 11.3 Å². The number of sulfonamides is 1. The zero-order valence-corrected chi connectivity index (χ0v) is 17.1. The normalized spacial score (nSPS) is 11.7. The van der Waals surface area contributed by atoms with Crippen LogP contribution >= 0.6 is 0 Å². The van der Waals surface area contributed by atoms with Crippen molar-refractivity contribution in [1.29, 1.82) is 0 Å². The summed E-state index contributed by atoms with van der Waals surface area (Å²) in [7, 11) is -3.73. The highest BCUT2D eigenvalue weighted by Crippen LogP contribution is 2.25. The van der Waals surface area contributed by atoms with Gasteiger partial charge in [0.15, 0.2) is 0 Å². The van der Waals surface area contributed by atoms with Crippen molar-refractivity contribution in [2.24, 2.45) is 0 Å². The molecule has 0 aliphatic heterocycles. The van der Waals surface area contributed by atoms with E-state index < -0.39 is 10.0 Å². The summed E-state index contributed by atoms with van der Waals surface area (Å²) in [6.45, 7) is 10.5. The van der Waals surface area contributed by atoms with Gasteiger partial charge in [-0.25, -0.2) is 8.42 Å². The van der Waals surface area contributed by atoms with Gasteiger partial charge in [0, 0.05) is 12.7 Å². The van der Waals surface area contributed by atoms with Gasteiger partial charge in [0.25, 0.3) is 10.0 Å². The van der Waals surface area contributed by atoms with Crippen LogP contribution in [0.2, 0.25) is 0 Å². The summed E-state index contributed by atoms with van der Waals surface area (Å²) in [6, 6.07) is 8.19. The molecule has 7 nitrogen and oxygen atoms in total. The Hall–Kier alpha value is -2.61. The first-order valence-electron chi connectivity index (χ1n) is 8.87. The maximum Gasteiger partial charge on any atom is 0.265 e. The van der Waals surface area contributed by atoms with Gasteiger partial charge >= 0.3 is 0 Å². The molecule has 0 radical (unpaired) electrons. The first kappa shape index (κ1) is 19.2. The molecule has 3 rings (SSSR count). The predicted molar refractivity (Wildman–Crippen MR) is 105 cm³/mol. The van der Waals surface area contributed by atoms with E-state index in [1.807, 2.05) is 43.7 Å². The van der Waals surface area contributed by atoms with Crippen LogP contribution in [0.5, 0.6) is 0 Å². The lowest BCUT2D eigenvalue weighted by molar-refractivity contribution is 0.600. The van der Waals surface area contributed by atoms with Gasteiger partial charge in [-0.2, -0.15) is 10.2 Å². The van der Waals surface area contributed by atoms with Crippen LogP contribution in [0.3, 0.4) is 0 Å². The second kappa shape index (κ2) is 7.19. The third kappa shape index (κ3) is 3.90. The minimum absolute atomic E-state index is 0.189. The Labute approximate surface area is 160 Å². The molecule has 0 unspecified atom stereocenters. The van der Waals surface area contributed by atoms with Crippen molar-refractivity contribution >= 4 is 15.7 Å². The Balaban J connectivity index is 1.91. The van der Waals surface area contributed by atoms with Crippen molar-refractivity contribution in [1.82, 2.24) is 19.6 Å². The summed E-state index contributed by atoms with van der Waals surface area (Å²) >= 11 is 0. The number of nitrogens with one attached hydrogen (secondary N) is 1. The van der Waals surface area contributed by atoms with Gasteiger partial charge in [-0.15, -0.1) is 0 Å². The average molecular weight is 388 g/mol. The van der Waals surface area contributed by atoms with Gasteiger partial charge < -0.3 is 0 Å². The maximum absolute atomic E-state index is 12.9.